The number of nitrogens with one attached hydrogen (secondary N) is 1. The Morgan fingerprint density at radius 2 is 1.88 bits per heavy atom. The summed E-state index contributed by atoms with van der Waals surface area (Å²) in [4.78, 5) is 12.3. The second-order valence-electron chi connectivity index (χ2n) is 6.91. The van der Waals surface area contributed by atoms with Crippen molar-refractivity contribution in [3.05, 3.63) is 0 Å². The number of amides is 1. The molecule has 1 N–H and O–H groups in total. The summed E-state index contributed by atoms with van der Waals surface area (Å²) in [7, 11) is 0. The van der Waals surface area contributed by atoms with Crippen LogP contribution in [0.1, 0.15) is 52.4 Å². The molecule has 2 unspecified atom stereocenters. The molecule has 0 aromatic rings. The van der Waals surface area contributed by atoms with Crippen molar-refractivity contribution in [2.75, 3.05) is 6.54 Å². The van der Waals surface area contributed by atoms with Gasteiger partial charge in [0.2, 0.25) is 5.91 Å². The van der Waals surface area contributed by atoms with Gasteiger partial charge in [-0.1, -0.05) is 6.92 Å². The van der Waals surface area contributed by atoms with E-state index in [0.29, 0.717) is 11.3 Å². The quantitative estimate of drug-likeness (QED) is 0.763. The van der Waals surface area contributed by atoms with Gasteiger partial charge >= 0.3 is 0 Å². The van der Waals surface area contributed by atoms with Gasteiger partial charge in [0.1, 0.15) is 0 Å². The maximum absolute atomic E-state index is 12.3. The smallest absolute Gasteiger partial charge is 0.226 e. The fourth-order valence-electron chi connectivity index (χ4n) is 5.33. The van der Waals surface area contributed by atoms with E-state index in [1.54, 1.807) is 0 Å². The number of carbonyl (C=O) groups is 1. The van der Waals surface area contributed by atoms with Gasteiger partial charge in [-0.15, -0.1) is 0 Å². The lowest BCUT2D eigenvalue weighted by Gasteiger charge is -2.60. The predicted octanol–water partition coefficient (Wildman–Crippen LogP) is 2.73. The van der Waals surface area contributed by atoms with Gasteiger partial charge < -0.3 is 5.32 Å². The SMILES string of the molecule is CCNC(=O)C12CC3CC(CC(C)(C3)C1)C2. The zero-order chi connectivity index (χ0) is 11.4. The maximum atomic E-state index is 12.3. The fraction of sp³-hybridized carbons (Fsp3) is 0.929. The Hall–Kier alpha value is -0.530. The topological polar surface area (TPSA) is 29.1 Å². The van der Waals surface area contributed by atoms with E-state index in [1.165, 1.54) is 32.1 Å². The van der Waals surface area contributed by atoms with Crippen LogP contribution in [0.3, 0.4) is 0 Å². The first-order valence-corrected chi connectivity index (χ1v) is 6.84. The normalized spacial score (nSPS) is 49.4. The zero-order valence-electron chi connectivity index (χ0n) is 10.5. The van der Waals surface area contributed by atoms with Crippen LogP contribution in [0, 0.1) is 22.7 Å². The van der Waals surface area contributed by atoms with E-state index in [1.807, 2.05) is 6.92 Å². The first-order chi connectivity index (χ1) is 7.55. The highest BCUT2D eigenvalue weighted by atomic mass is 16.2. The molecule has 4 saturated carbocycles. The molecule has 4 bridgehead atoms. The van der Waals surface area contributed by atoms with Crippen LogP contribution in [-0.4, -0.2) is 12.5 Å². The summed E-state index contributed by atoms with van der Waals surface area (Å²) < 4.78 is 0. The van der Waals surface area contributed by atoms with E-state index in [4.69, 9.17) is 0 Å². The summed E-state index contributed by atoms with van der Waals surface area (Å²) in [6, 6.07) is 0. The fourth-order valence-corrected chi connectivity index (χ4v) is 5.33. The van der Waals surface area contributed by atoms with Crippen molar-refractivity contribution >= 4 is 5.91 Å². The Labute approximate surface area is 98.2 Å². The van der Waals surface area contributed by atoms with Crippen molar-refractivity contribution in [1.82, 2.24) is 5.32 Å². The molecular formula is C14H23NO. The van der Waals surface area contributed by atoms with Crippen LogP contribution in [0.25, 0.3) is 0 Å². The number of hydrogen-bond donors (Lipinski definition) is 1. The zero-order valence-corrected chi connectivity index (χ0v) is 10.5. The van der Waals surface area contributed by atoms with Crippen LogP contribution in [-0.2, 0) is 4.79 Å². The second kappa shape index (κ2) is 3.24. The Bertz CT molecular complexity index is 309. The van der Waals surface area contributed by atoms with Crippen LogP contribution < -0.4 is 5.32 Å². The molecule has 4 rings (SSSR count). The van der Waals surface area contributed by atoms with E-state index in [-0.39, 0.29) is 5.41 Å². The molecule has 4 fully saturated rings. The average molecular weight is 221 g/mol. The molecule has 2 heteroatoms. The minimum Gasteiger partial charge on any atom is -0.356 e. The monoisotopic (exact) mass is 221 g/mol. The van der Waals surface area contributed by atoms with Gasteiger partial charge in [-0.25, -0.2) is 0 Å². The summed E-state index contributed by atoms with van der Waals surface area (Å²) in [5.41, 5.74) is 0.504. The van der Waals surface area contributed by atoms with Gasteiger partial charge in [0.25, 0.3) is 0 Å². The number of rotatable bonds is 2. The van der Waals surface area contributed by atoms with Gasteiger partial charge in [0, 0.05) is 6.54 Å². The molecule has 0 radical (unpaired) electrons. The van der Waals surface area contributed by atoms with Gasteiger partial charge in [-0.2, -0.15) is 0 Å². The lowest BCUT2D eigenvalue weighted by molar-refractivity contribution is -0.155. The summed E-state index contributed by atoms with van der Waals surface area (Å²) in [5, 5.41) is 3.08. The van der Waals surface area contributed by atoms with Gasteiger partial charge in [0.15, 0.2) is 0 Å². The van der Waals surface area contributed by atoms with E-state index >= 15 is 0 Å². The summed E-state index contributed by atoms with van der Waals surface area (Å²) >= 11 is 0. The standard InChI is InChI=1S/C14H23NO/c1-3-15-12(16)14-7-10-4-11(8-14)6-13(2,5-10)9-14/h10-11H,3-9H2,1-2H3,(H,15,16). The highest BCUT2D eigenvalue weighted by Gasteiger charge is 2.58. The lowest BCUT2D eigenvalue weighted by atomic mass is 9.44. The van der Waals surface area contributed by atoms with Crippen molar-refractivity contribution in [2.45, 2.75) is 52.4 Å². The summed E-state index contributed by atoms with van der Waals surface area (Å²) in [6.45, 7) is 5.23. The van der Waals surface area contributed by atoms with Crippen molar-refractivity contribution < 1.29 is 4.79 Å². The molecule has 90 valence electrons. The highest BCUT2D eigenvalue weighted by Crippen LogP contribution is 2.65. The minimum atomic E-state index is 0.0227. The first kappa shape index (κ1) is 10.6. The van der Waals surface area contributed by atoms with Crippen LogP contribution in [0.2, 0.25) is 0 Å². The molecule has 0 aromatic carbocycles. The Kier molecular flexibility index (Phi) is 2.15. The van der Waals surface area contributed by atoms with E-state index in [2.05, 4.69) is 12.2 Å². The molecule has 0 aromatic heterocycles. The molecule has 1 amide bonds. The van der Waals surface area contributed by atoms with Crippen LogP contribution in [0.15, 0.2) is 0 Å². The minimum absolute atomic E-state index is 0.0227. The van der Waals surface area contributed by atoms with Crippen molar-refractivity contribution in [3.63, 3.8) is 0 Å². The molecule has 0 spiro atoms. The summed E-state index contributed by atoms with van der Waals surface area (Å²) in [5.74, 6) is 2.04. The Morgan fingerprint density at radius 3 is 2.38 bits per heavy atom. The molecule has 0 heterocycles. The molecule has 2 atom stereocenters. The Balaban J connectivity index is 1.89. The van der Waals surface area contributed by atoms with Crippen LogP contribution in [0.4, 0.5) is 0 Å². The largest absolute Gasteiger partial charge is 0.356 e. The maximum Gasteiger partial charge on any atom is 0.226 e. The number of hydrogen-bond acceptors (Lipinski definition) is 1. The highest BCUT2D eigenvalue weighted by molar-refractivity contribution is 5.83. The average Bonchev–Trinajstić information content (AvgIpc) is 2.13. The predicted molar refractivity (Wildman–Crippen MR) is 63.9 cm³/mol. The van der Waals surface area contributed by atoms with E-state index < -0.39 is 0 Å². The molecule has 16 heavy (non-hydrogen) atoms. The molecule has 2 nitrogen and oxygen atoms in total. The van der Waals surface area contributed by atoms with Gasteiger partial charge in [-0.3, -0.25) is 4.79 Å². The molecule has 4 aliphatic rings. The Morgan fingerprint density at radius 1 is 1.25 bits per heavy atom. The van der Waals surface area contributed by atoms with Crippen LogP contribution >= 0.6 is 0 Å². The van der Waals surface area contributed by atoms with Gasteiger partial charge in [-0.05, 0) is 62.7 Å². The van der Waals surface area contributed by atoms with E-state index in [0.717, 1.165) is 24.8 Å². The molecule has 0 aliphatic heterocycles. The van der Waals surface area contributed by atoms with Crippen molar-refractivity contribution in [2.24, 2.45) is 22.7 Å². The number of carbonyl (C=O) groups excluding carboxylic acids is 1. The third-order valence-corrected chi connectivity index (χ3v) is 5.17. The third kappa shape index (κ3) is 1.42. The van der Waals surface area contributed by atoms with E-state index in [9.17, 15) is 4.79 Å². The lowest BCUT2D eigenvalue weighted by Crippen LogP contribution is -2.56. The second-order valence-corrected chi connectivity index (χ2v) is 6.91. The first-order valence-electron chi connectivity index (χ1n) is 6.84. The molecular weight excluding hydrogens is 198 g/mol. The molecule has 0 saturated heterocycles. The van der Waals surface area contributed by atoms with Gasteiger partial charge in [0.05, 0.1) is 5.41 Å². The van der Waals surface area contributed by atoms with Crippen molar-refractivity contribution in [1.29, 1.82) is 0 Å². The third-order valence-electron chi connectivity index (χ3n) is 5.17. The van der Waals surface area contributed by atoms with Crippen LogP contribution in [0.5, 0.6) is 0 Å². The van der Waals surface area contributed by atoms with Crippen molar-refractivity contribution in [3.8, 4) is 0 Å². The molecule has 4 aliphatic carbocycles. The summed E-state index contributed by atoms with van der Waals surface area (Å²) in [6.07, 6.45) is 7.65.